The molecule has 0 saturated heterocycles. The van der Waals surface area contributed by atoms with Crippen LogP contribution in [0.3, 0.4) is 0 Å². The Morgan fingerprint density at radius 1 is 1.28 bits per heavy atom. The topological polar surface area (TPSA) is 89.0 Å². The summed E-state index contributed by atoms with van der Waals surface area (Å²) >= 11 is 0. The van der Waals surface area contributed by atoms with E-state index in [1.54, 1.807) is 26.2 Å². The zero-order valence-corrected chi connectivity index (χ0v) is 14.6. The lowest BCUT2D eigenvalue weighted by molar-refractivity contribution is -0.116. The first-order valence-electron chi connectivity index (χ1n) is 7.90. The largest absolute Gasteiger partial charge is 0.495 e. The van der Waals surface area contributed by atoms with Gasteiger partial charge in [-0.3, -0.25) is 14.2 Å². The molecule has 1 amide bonds. The van der Waals surface area contributed by atoms with E-state index in [1.807, 2.05) is 26.0 Å². The molecule has 3 aromatic rings. The lowest BCUT2D eigenvalue weighted by Crippen LogP contribution is -2.30. The third-order valence-electron chi connectivity index (χ3n) is 4.00. The van der Waals surface area contributed by atoms with E-state index in [2.05, 4.69) is 15.3 Å². The van der Waals surface area contributed by atoms with Crippen LogP contribution in [0.4, 0.5) is 5.69 Å². The van der Waals surface area contributed by atoms with Crippen LogP contribution < -0.4 is 15.6 Å². The van der Waals surface area contributed by atoms with Gasteiger partial charge in [-0.1, -0.05) is 6.07 Å². The lowest BCUT2D eigenvalue weighted by Gasteiger charge is -2.13. The molecule has 0 aliphatic carbocycles. The van der Waals surface area contributed by atoms with Crippen LogP contribution >= 0.6 is 0 Å². The molecule has 0 aliphatic heterocycles. The molecule has 7 nitrogen and oxygen atoms in total. The lowest BCUT2D eigenvalue weighted by atomic mass is 10.2. The Bertz CT molecular complexity index is 1020. The average molecular weight is 340 g/mol. The molecule has 25 heavy (non-hydrogen) atoms. The van der Waals surface area contributed by atoms with Gasteiger partial charge in [0.1, 0.15) is 23.8 Å². The minimum atomic E-state index is -0.317. The SMILES string of the molecule is COc1ccc(C)cc1NC(=O)Cn1c(C)nc2[nH]c(C)cc2c1=O. The third kappa shape index (κ3) is 3.26. The Morgan fingerprint density at radius 2 is 2.04 bits per heavy atom. The molecule has 0 bridgehead atoms. The van der Waals surface area contributed by atoms with E-state index >= 15 is 0 Å². The van der Waals surface area contributed by atoms with Crippen LogP contribution in [0.1, 0.15) is 17.1 Å². The molecule has 1 aromatic carbocycles. The summed E-state index contributed by atoms with van der Waals surface area (Å²) in [4.78, 5) is 32.5. The van der Waals surface area contributed by atoms with Gasteiger partial charge in [0.05, 0.1) is 18.2 Å². The summed E-state index contributed by atoms with van der Waals surface area (Å²) in [6.45, 7) is 5.37. The molecule has 2 heterocycles. The van der Waals surface area contributed by atoms with E-state index in [-0.39, 0.29) is 18.0 Å². The van der Waals surface area contributed by atoms with Crippen molar-refractivity contribution in [3.8, 4) is 5.75 Å². The normalized spacial score (nSPS) is 10.9. The van der Waals surface area contributed by atoms with Crippen LogP contribution in [-0.4, -0.2) is 27.6 Å². The molecule has 0 atom stereocenters. The van der Waals surface area contributed by atoms with E-state index in [9.17, 15) is 9.59 Å². The molecule has 7 heteroatoms. The maximum atomic E-state index is 12.6. The van der Waals surface area contributed by atoms with Gasteiger partial charge in [0.15, 0.2) is 0 Å². The summed E-state index contributed by atoms with van der Waals surface area (Å²) in [5.41, 5.74) is 2.72. The molecule has 2 N–H and O–H groups in total. The summed E-state index contributed by atoms with van der Waals surface area (Å²) in [5, 5.41) is 3.28. The monoisotopic (exact) mass is 340 g/mol. The van der Waals surface area contributed by atoms with Crippen molar-refractivity contribution in [1.82, 2.24) is 14.5 Å². The molecule has 130 valence electrons. The van der Waals surface area contributed by atoms with Gasteiger partial charge in [-0.15, -0.1) is 0 Å². The van der Waals surface area contributed by atoms with Gasteiger partial charge in [0, 0.05) is 5.69 Å². The molecule has 0 unspecified atom stereocenters. The van der Waals surface area contributed by atoms with E-state index in [4.69, 9.17) is 4.74 Å². The number of aromatic nitrogens is 3. The second-order valence-electron chi connectivity index (χ2n) is 6.02. The first-order valence-corrected chi connectivity index (χ1v) is 7.90. The highest BCUT2D eigenvalue weighted by Gasteiger charge is 2.14. The molecule has 3 rings (SSSR count). The van der Waals surface area contributed by atoms with Crippen molar-refractivity contribution in [2.24, 2.45) is 0 Å². The number of aromatic amines is 1. The number of fused-ring (bicyclic) bond motifs is 1. The summed E-state index contributed by atoms with van der Waals surface area (Å²) in [6, 6.07) is 7.25. The highest BCUT2D eigenvalue weighted by atomic mass is 16.5. The number of rotatable bonds is 4. The Morgan fingerprint density at radius 3 is 2.76 bits per heavy atom. The summed E-state index contributed by atoms with van der Waals surface area (Å²) in [5.74, 6) is 0.728. The molecule has 2 aromatic heterocycles. The second-order valence-corrected chi connectivity index (χ2v) is 6.02. The number of hydrogen-bond donors (Lipinski definition) is 2. The van der Waals surface area contributed by atoms with Gasteiger partial charge in [0.2, 0.25) is 5.91 Å². The number of nitrogens with one attached hydrogen (secondary N) is 2. The van der Waals surface area contributed by atoms with E-state index in [1.165, 1.54) is 4.57 Å². The Kier molecular flexibility index (Phi) is 4.31. The fraction of sp³-hybridized carbons (Fsp3) is 0.278. The van der Waals surface area contributed by atoms with Gasteiger partial charge >= 0.3 is 0 Å². The van der Waals surface area contributed by atoms with Crippen molar-refractivity contribution in [2.75, 3.05) is 12.4 Å². The number of hydrogen-bond acceptors (Lipinski definition) is 4. The number of carbonyl (C=O) groups excluding carboxylic acids is 1. The van der Waals surface area contributed by atoms with Crippen molar-refractivity contribution in [2.45, 2.75) is 27.3 Å². The first kappa shape index (κ1) is 16.8. The van der Waals surface area contributed by atoms with Crippen LogP contribution in [0.15, 0.2) is 29.1 Å². The maximum absolute atomic E-state index is 12.6. The highest BCUT2D eigenvalue weighted by molar-refractivity contribution is 5.92. The fourth-order valence-corrected chi connectivity index (χ4v) is 2.78. The number of methoxy groups -OCH3 is 1. The van der Waals surface area contributed by atoms with Crippen LogP contribution in [0.5, 0.6) is 5.75 Å². The minimum absolute atomic E-state index is 0.116. The van der Waals surface area contributed by atoms with Gasteiger partial charge in [-0.05, 0) is 44.5 Å². The number of anilines is 1. The van der Waals surface area contributed by atoms with Crippen molar-refractivity contribution < 1.29 is 9.53 Å². The smallest absolute Gasteiger partial charge is 0.263 e. The number of aryl methyl sites for hydroxylation is 3. The first-order chi connectivity index (χ1) is 11.9. The Balaban J connectivity index is 1.90. The molecular formula is C18H20N4O3. The number of H-pyrrole nitrogens is 1. The molecular weight excluding hydrogens is 320 g/mol. The average Bonchev–Trinajstić information content (AvgIpc) is 2.92. The maximum Gasteiger partial charge on any atom is 0.263 e. The van der Waals surface area contributed by atoms with Gasteiger partial charge in [-0.25, -0.2) is 4.98 Å². The fourth-order valence-electron chi connectivity index (χ4n) is 2.78. The van der Waals surface area contributed by atoms with Gasteiger partial charge in [-0.2, -0.15) is 0 Å². The second kappa shape index (κ2) is 6.43. The van der Waals surface area contributed by atoms with Crippen molar-refractivity contribution in [3.05, 3.63) is 51.7 Å². The summed E-state index contributed by atoms with van der Waals surface area (Å²) in [7, 11) is 1.54. The zero-order chi connectivity index (χ0) is 18.1. The standard InChI is InChI=1S/C18H20N4O3/c1-10-5-6-15(25-4)14(7-10)21-16(23)9-22-12(3)20-17-13(18(22)24)8-11(2)19-17/h5-8,19H,9H2,1-4H3,(H,21,23). The van der Waals surface area contributed by atoms with Crippen molar-refractivity contribution in [3.63, 3.8) is 0 Å². The summed E-state index contributed by atoms with van der Waals surface area (Å²) < 4.78 is 6.63. The van der Waals surface area contributed by atoms with E-state index in [0.717, 1.165) is 11.3 Å². The molecule has 0 fully saturated rings. The van der Waals surface area contributed by atoms with Gasteiger partial charge < -0.3 is 15.0 Å². The predicted molar refractivity (Wildman–Crippen MR) is 96.2 cm³/mol. The number of ether oxygens (including phenoxy) is 1. The zero-order valence-electron chi connectivity index (χ0n) is 14.6. The predicted octanol–water partition coefficient (Wildman–Crippen LogP) is 2.30. The van der Waals surface area contributed by atoms with Crippen LogP contribution in [0, 0.1) is 20.8 Å². The van der Waals surface area contributed by atoms with Crippen LogP contribution in [-0.2, 0) is 11.3 Å². The minimum Gasteiger partial charge on any atom is -0.495 e. The van der Waals surface area contributed by atoms with Crippen molar-refractivity contribution >= 4 is 22.6 Å². The highest BCUT2D eigenvalue weighted by Crippen LogP contribution is 2.25. The molecule has 0 aliphatic rings. The van der Waals surface area contributed by atoms with Gasteiger partial charge in [0.25, 0.3) is 5.56 Å². The van der Waals surface area contributed by atoms with Crippen LogP contribution in [0.25, 0.3) is 11.0 Å². The Hall–Kier alpha value is -3.09. The van der Waals surface area contributed by atoms with E-state index < -0.39 is 0 Å². The number of nitrogens with zero attached hydrogens (tertiary/aromatic N) is 2. The molecule has 0 spiro atoms. The third-order valence-corrected chi connectivity index (χ3v) is 4.00. The van der Waals surface area contributed by atoms with Crippen molar-refractivity contribution in [1.29, 1.82) is 0 Å². The quantitative estimate of drug-likeness (QED) is 0.763. The number of amides is 1. The molecule has 0 radical (unpaired) electrons. The van der Waals surface area contributed by atoms with E-state index in [0.29, 0.717) is 28.3 Å². The summed E-state index contributed by atoms with van der Waals surface area (Å²) in [6.07, 6.45) is 0. The number of carbonyl (C=O) groups is 1. The number of benzene rings is 1. The van der Waals surface area contributed by atoms with Crippen LogP contribution in [0.2, 0.25) is 0 Å². The molecule has 0 saturated carbocycles. The Labute approximate surface area is 144 Å².